The maximum Gasteiger partial charge on any atom is 0.126 e. The van der Waals surface area contributed by atoms with Crippen molar-refractivity contribution in [3.05, 3.63) is 77.4 Å². The maximum absolute atomic E-state index is 4.33. The summed E-state index contributed by atoms with van der Waals surface area (Å²) in [6.45, 7) is 8.14. The molecule has 4 rings (SSSR count). The molecule has 0 aliphatic heterocycles. The molecule has 0 unspecified atom stereocenters. The third kappa shape index (κ3) is 3.40. The molecule has 0 spiro atoms. The molecular formula is C21H21N3. The van der Waals surface area contributed by atoms with Crippen LogP contribution in [0.3, 0.4) is 0 Å². The predicted molar refractivity (Wildman–Crippen MR) is 100 cm³/mol. The molecule has 120 valence electrons. The monoisotopic (exact) mass is 315 g/mol. The number of benzene rings is 2. The molecule has 3 nitrogen and oxygen atoms in total. The van der Waals surface area contributed by atoms with E-state index in [4.69, 9.17) is 0 Å². The Morgan fingerprint density at radius 3 is 2.33 bits per heavy atom. The van der Waals surface area contributed by atoms with Gasteiger partial charge in [-0.1, -0.05) is 29.8 Å². The normalized spacial score (nSPS) is 10.5. The van der Waals surface area contributed by atoms with Gasteiger partial charge in [-0.15, -0.1) is 0 Å². The van der Waals surface area contributed by atoms with Crippen molar-refractivity contribution in [1.82, 2.24) is 15.0 Å². The van der Waals surface area contributed by atoms with E-state index in [-0.39, 0.29) is 0 Å². The fourth-order valence-corrected chi connectivity index (χ4v) is 2.78. The molecule has 3 heteroatoms. The Bertz CT molecular complexity index is 1010. The zero-order chi connectivity index (χ0) is 17.1. The molecule has 0 radical (unpaired) electrons. The number of aromatic nitrogens is 3. The van der Waals surface area contributed by atoms with Gasteiger partial charge in [-0.2, -0.15) is 0 Å². The van der Waals surface area contributed by atoms with Crippen LogP contribution in [0.25, 0.3) is 21.8 Å². The third-order valence-electron chi connectivity index (χ3n) is 4.02. The highest BCUT2D eigenvalue weighted by Gasteiger charge is 1.99. The Morgan fingerprint density at radius 2 is 1.50 bits per heavy atom. The van der Waals surface area contributed by atoms with Gasteiger partial charge in [-0.25, -0.2) is 9.97 Å². The zero-order valence-corrected chi connectivity index (χ0v) is 14.5. The van der Waals surface area contributed by atoms with E-state index in [1.165, 1.54) is 16.5 Å². The van der Waals surface area contributed by atoms with Crippen LogP contribution in [0.15, 0.2) is 54.7 Å². The van der Waals surface area contributed by atoms with Gasteiger partial charge >= 0.3 is 0 Å². The highest BCUT2D eigenvalue weighted by atomic mass is 14.9. The smallest absolute Gasteiger partial charge is 0.126 e. The van der Waals surface area contributed by atoms with Crippen LogP contribution in [-0.4, -0.2) is 15.0 Å². The van der Waals surface area contributed by atoms with Crippen molar-refractivity contribution in [3.8, 4) is 0 Å². The highest BCUT2D eigenvalue weighted by Crippen LogP contribution is 2.16. The third-order valence-corrected chi connectivity index (χ3v) is 4.02. The molecule has 0 atom stereocenters. The fourth-order valence-electron chi connectivity index (χ4n) is 2.78. The van der Waals surface area contributed by atoms with Gasteiger partial charge in [0, 0.05) is 22.7 Å². The van der Waals surface area contributed by atoms with Crippen molar-refractivity contribution in [1.29, 1.82) is 0 Å². The molecule has 0 aliphatic carbocycles. The summed E-state index contributed by atoms with van der Waals surface area (Å²) in [6, 6.07) is 16.4. The Labute approximate surface area is 142 Å². The first-order valence-electron chi connectivity index (χ1n) is 8.06. The van der Waals surface area contributed by atoms with Crippen LogP contribution in [0.2, 0.25) is 0 Å². The predicted octanol–water partition coefficient (Wildman–Crippen LogP) is 5.10. The number of pyridine rings is 1. The largest absolute Gasteiger partial charge is 0.256 e. The molecular weight excluding hydrogens is 294 g/mol. The zero-order valence-electron chi connectivity index (χ0n) is 14.5. The van der Waals surface area contributed by atoms with E-state index in [1.54, 1.807) is 0 Å². The minimum atomic E-state index is 0.839. The average Bonchev–Trinajstić information content (AvgIpc) is 2.56. The number of hydrogen-bond donors (Lipinski definition) is 0. The van der Waals surface area contributed by atoms with Crippen molar-refractivity contribution in [3.63, 3.8) is 0 Å². The van der Waals surface area contributed by atoms with Crippen molar-refractivity contribution in [2.45, 2.75) is 27.7 Å². The number of fused-ring (bicyclic) bond motifs is 2. The van der Waals surface area contributed by atoms with Gasteiger partial charge in [0.25, 0.3) is 0 Å². The Balaban J connectivity index is 0.000000141. The standard InChI is InChI=1S/C11H11N.C10H10N2/c1-8-3-4-11-10(7-8)9(2)5-6-12-11;1-7-9-5-3-4-6-10(9)12-8(2)11-7/h3-7H,1-2H3;3-6H,1-2H3. The summed E-state index contributed by atoms with van der Waals surface area (Å²) in [4.78, 5) is 12.9. The lowest BCUT2D eigenvalue weighted by Crippen LogP contribution is -1.92. The molecule has 0 saturated heterocycles. The summed E-state index contributed by atoms with van der Waals surface area (Å²) >= 11 is 0. The van der Waals surface area contributed by atoms with Gasteiger partial charge in [0.15, 0.2) is 0 Å². The Kier molecular flexibility index (Phi) is 4.52. The van der Waals surface area contributed by atoms with Crippen molar-refractivity contribution in [2.75, 3.05) is 0 Å². The molecule has 0 aliphatic rings. The van der Waals surface area contributed by atoms with Crippen molar-refractivity contribution >= 4 is 21.8 Å². The molecule has 2 aromatic carbocycles. The van der Waals surface area contributed by atoms with E-state index in [1.807, 2.05) is 50.4 Å². The van der Waals surface area contributed by atoms with E-state index in [2.05, 4.69) is 47.0 Å². The fraction of sp³-hybridized carbons (Fsp3) is 0.190. The van der Waals surface area contributed by atoms with Gasteiger partial charge in [0.05, 0.1) is 11.0 Å². The number of rotatable bonds is 0. The van der Waals surface area contributed by atoms with E-state index < -0.39 is 0 Å². The second-order valence-electron chi connectivity index (χ2n) is 6.02. The van der Waals surface area contributed by atoms with Gasteiger partial charge < -0.3 is 0 Å². The lowest BCUT2D eigenvalue weighted by atomic mass is 10.1. The van der Waals surface area contributed by atoms with Gasteiger partial charge in [-0.05, 0) is 57.5 Å². The summed E-state index contributed by atoms with van der Waals surface area (Å²) in [5, 5.41) is 2.40. The van der Waals surface area contributed by atoms with Crippen LogP contribution in [0.5, 0.6) is 0 Å². The number of para-hydroxylation sites is 1. The van der Waals surface area contributed by atoms with Gasteiger partial charge in [0.1, 0.15) is 5.82 Å². The van der Waals surface area contributed by atoms with Gasteiger partial charge in [0.2, 0.25) is 0 Å². The van der Waals surface area contributed by atoms with Crippen LogP contribution >= 0.6 is 0 Å². The maximum atomic E-state index is 4.33. The number of aryl methyl sites for hydroxylation is 4. The van der Waals surface area contributed by atoms with E-state index in [0.717, 1.165) is 27.9 Å². The molecule has 24 heavy (non-hydrogen) atoms. The Morgan fingerprint density at radius 1 is 0.708 bits per heavy atom. The van der Waals surface area contributed by atoms with Gasteiger partial charge in [-0.3, -0.25) is 4.98 Å². The first-order chi connectivity index (χ1) is 11.5. The lowest BCUT2D eigenvalue weighted by Gasteiger charge is -2.00. The quantitative estimate of drug-likeness (QED) is 0.453. The minimum Gasteiger partial charge on any atom is -0.256 e. The number of nitrogens with zero attached hydrogens (tertiary/aromatic N) is 3. The SMILES string of the molecule is Cc1ccc2nccc(C)c2c1.Cc1nc(C)c2ccccc2n1. The van der Waals surface area contributed by atoms with Crippen LogP contribution in [-0.2, 0) is 0 Å². The molecule has 0 saturated carbocycles. The molecule has 0 bridgehead atoms. The summed E-state index contributed by atoms with van der Waals surface area (Å²) in [5.41, 5.74) is 5.75. The molecule has 0 fully saturated rings. The molecule has 2 heterocycles. The molecule has 0 N–H and O–H groups in total. The second-order valence-corrected chi connectivity index (χ2v) is 6.02. The van der Waals surface area contributed by atoms with E-state index >= 15 is 0 Å². The summed E-state index contributed by atoms with van der Waals surface area (Å²) in [5.74, 6) is 0.839. The topological polar surface area (TPSA) is 38.7 Å². The van der Waals surface area contributed by atoms with Crippen LogP contribution in [0.4, 0.5) is 0 Å². The summed E-state index contributed by atoms with van der Waals surface area (Å²) in [7, 11) is 0. The first-order valence-corrected chi connectivity index (χ1v) is 8.06. The van der Waals surface area contributed by atoms with E-state index in [9.17, 15) is 0 Å². The highest BCUT2D eigenvalue weighted by molar-refractivity contribution is 5.82. The summed E-state index contributed by atoms with van der Waals surface area (Å²) < 4.78 is 0. The molecule has 2 aromatic heterocycles. The molecule has 4 aromatic rings. The van der Waals surface area contributed by atoms with Crippen molar-refractivity contribution in [2.24, 2.45) is 0 Å². The van der Waals surface area contributed by atoms with Crippen LogP contribution in [0, 0.1) is 27.7 Å². The lowest BCUT2D eigenvalue weighted by molar-refractivity contribution is 1.05. The first kappa shape index (κ1) is 16.1. The second kappa shape index (κ2) is 6.75. The minimum absolute atomic E-state index is 0.839. The van der Waals surface area contributed by atoms with E-state index in [0.29, 0.717) is 0 Å². The molecule has 0 amide bonds. The van der Waals surface area contributed by atoms with Crippen molar-refractivity contribution < 1.29 is 0 Å². The van der Waals surface area contributed by atoms with Crippen LogP contribution < -0.4 is 0 Å². The number of hydrogen-bond acceptors (Lipinski definition) is 3. The average molecular weight is 315 g/mol. The Hall–Kier alpha value is -2.81. The van der Waals surface area contributed by atoms with Crippen LogP contribution in [0.1, 0.15) is 22.6 Å². The summed E-state index contributed by atoms with van der Waals surface area (Å²) in [6.07, 6.45) is 1.85.